The summed E-state index contributed by atoms with van der Waals surface area (Å²) in [5.41, 5.74) is 1.26. The topological polar surface area (TPSA) is 35.6 Å². The Morgan fingerprint density at radius 2 is 1.79 bits per heavy atom. The van der Waals surface area contributed by atoms with Crippen molar-refractivity contribution in [2.45, 2.75) is 38.1 Å². The van der Waals surface area contributed by atoms with Crippen LogP contribution in [-0.2, 0) is 0 Å². The molecule has 1 aromatic rings. The molecule has 0 spiro atoms. The molecule has 2 fully saturated rings. The maximum absolute atomic E-state index is 12.3. The lowest BCUT2D eigenvalue weighted by atomic mass is 10.2. The summed E-state index contributed by atoms with van der Waals surface area (Å²) in [7, 11) is 0. The van der Waals surface area contributed by atoms with E-state index in [2.05, 4.69) is 46.6 Å². The quantitative estimate of drug-likeness (QED) is 0.900. The largest absolute Gasteiger partial charge is 0.335 e. The molecule has 0 aromatic heterocycles. The number of hydrogen-bond donors (Lipinski definition) is 1. The molecule has 0 radical (unpaired) electrons. The highest BCUT2D eigenvalue weighted by Crippen LogP contribution is 2.18. The lowest BCUT2D eigenvalue weighted by Crippen LogP contribution is -2.53. The van der Waals surface area contributed by atoms with E-state index in [0.29, 0.717) is 6.04 Å². The second kappa shape index (κ2) is 8.88. The van der Waals surface area contributed by atoms with Gasteiger partial charge in [0.2, 0.25) is 0 Å². The Labute approximate surface area is 145 Å². The molecule has 1 saturated heterocycles. The molecule has 4 nitrogen and oxygen atoms in total. The molecule has 4 heteroatoms. The molecule has 1 heterocycles. The van der Waals surface area contributed by atoms with Gasteiger partial charge in [-0.05, 0) is 24.8 Å². The summed E-state index contributed by atoms with van der Waals surface area (Å²) < 4.78 is 0. The fraction of sp³-hybridized carbons (Fsp3) is 0.550. The molecule has 130 valence electrons. The molecule has 1 aromatic carbocycles. The highest BCUT2D eigenvalue weighted by molar-refractivity contribution is 5.74. The lowest BCUT2D eigenvalue weighted by Gasteiger charge is -2.35. The summed E-state index contributed by atoms with van der Waals surface area (Å²) in [5, 5.41) is 3.19. The Balaban J connectivity index is 1.33. The van der Waals surface area contributed by atoms with Gasteiger partial charge >= 0.3 is 6.03 Å². The Morgan fingerprint density at radius 1 is 1.08 bits per heavy atom. The first-order valence-corrected chi connectivity index (χ1v) is 9.30. The first kappa shape index (κ1) is 17.0. The minimum atomic E-state index is 0.144. The van der Waals surface area contributed by atoms with E-state index in [-0.39, 0.29) is 6.03 Å². The van der Waals surface area contributed by atoms with Crippen molar-refractivity contribution in [2.24, 2.45) is 0 Å². The third-order valence-corrected chi connectivity index (χ3v) is 5.06. The zero-order valence-electron chi connectivity index (χ0n) is 14.5. The Hall–Kier alpha value is -1.81. The van der Waals surface area contributed by atoms with E-state index in [1.807, 2.05) is 11.0 Å². The summed E-state index contributed by atoms with van der Waals surface area (Å²) in [6.07, 6.45) is 10.3. The van der Waals surface area contributed by atoms with Crippen molar-refractivity contribution in [2.75, 3.05) is 32.7 Å². The molecule has 3 rings (SSSR count). The van der Waals surface area contributed by atoms with Gasteiger partial charge in [0.25, 0.3) is 0 Å². The van der Waals surface area contributed by atoms with Crippen molar-refractivity contribution in [1.29, 1.82) is 0 Å². The Kier molecular flexibility index (Phi) is 6.30. The smallest absolute Gasteiger partial charge is 0.317 e. The van der Waals surface area contributed by atoms with Crippen LogP contribution in [0, 0.1) is 0 Å². The van der Waals surface area contributed by atoms with E-state index in [1.54, 1.807) is 0 Å². The third-order valence-electron chi connectivity index (χ3n) is 5.06. The Morgan fingerprint density at radius 3 is 2.50 bits per heavy atom. The van der Waals surface area contributed by atoms with Crippen LogP contribution in [0.1, 0.15) is 37.7 Å². The van der Waals surface area contributed by atoms with Crippen molar-refractivity contribution in [1.82, 2.24) is 15.1 Å². The number of carbonyl (C=O) groups is 1. The van der Waals surface area contributed by atoms with Crippen molar-refractivity contribution >= 4 is 12.1 Å². The molecular weight excluding hydrogens is 298 g/mol. The highest BCUT2D eigenvalue weighted by atomic mass is 16.2. The molecule has 0 atom stereocenters. The van der Waals surface area contributed by atoms with E-state index in [0.717, 1.165) is 52.0 Å². The molecule has 1 aliphatic heterocycles. The van der Waals surface area contributed by atoms with E-state index in [9.17, 15) is 4.79 Å². The van der Waals surface area contributed by atoms with Crippen LogP contribution in [0.4, 0.5) is 4.79 Å². The molecule has 24 heavy (non-hydrogen) atoms. The summed E-state index contributed by atoms with van der Waals surface area (Å²) in [6, 6.07) is 11.0. The fourth-order valence-electron chi connectivity index (χ4n) is 3.55. The summed E-state index contributed by atoms with van der Waals surface area (Å²) >= 11 is 0. The van der Waals surface area contributed by atoms with Gasteiger partial charge in [-0.15, -0.1) is 0 Å². The van der Waals surface area contributed by atoms with Gasteiger partial charge in [0, 0.05) is 38.8 Å². The minimum absolute atomic E-state index is 0.144. The summed E-state index contributed by atoms with van der Waals surface area (Å²) in [5.74, 6) is 0. The van der Waals surface area contributed by atoms with Gasteiger partial charge in [0.15, 0.2) is 0 Å². The van der Waals surface area contributed by atoms with Gasteiger partial charge in [-0.25, -0.2) is 4.79 Å². The van der Waals surface area contributed by atoms with E-state index in [1.165, 1.54) is 18.4 Å². The summed E-state index contributed by atoms with van der Waals surface area (Å²) in [4.78, 5) is 16.7. The molecule has 0 bridgehead atoms. The lowest BCUT2D eigenvalue weighted by molar-refractivity contribution is 0.138. The van der Waals surface area contributed by atoms with E-state index >= 15 is 0 Å². The number of piperazine rings is 1. The number of nitrogens with one attached hydrogen (secondary N) is 1. The number of carbonyl (C=O) groups excluding carboxylic acids is 1. The molecule has 0 unspecified atom stereocenters. The number of amides is 2. The van der Waals surface area contributed by atoms with E-state index < -0.39 is 0 Å². The summed E-state index contributed by atoms with van der Waals surface area (Å²) in [6.45, 7) is 4.73. The normalized spacial score (nSPS) is 19.9. The molecule has 1 N–H and O–H groups in total. The first-order chi connectivity index (χ1) is 11.8. The molecule has 2 amide bonds. The van der Waals surface area contributed by atoms with Crippen molar-refractivity contribution < 1.29 is 4.79 Å². The predicted molar refractivity (Wildman–Crippen MR) is 98.9 cm³/mol. The second-order valence-corrected chi connectivity index (χ2v) is 6.86. The molecule has 1 saturated carbocycles. The minimum Gasteiger partial charge on any atom is -0.335 e. The SMILES string of the molecule is O=C(NC1CCCC1)N1CCN(CC/C=C/c2ccccc2)CC1. The van der Waals surface area contributed by atoms with Crippen molar-refractivity contribution in [3.63, 3.8) is 0 Å². The fourth-order valence-corrected chi connectivity index (χ4v) is 3.55. The van der Waals surface area contributed by atoms with Gasteiger partial charge in [0.05, 0.1) is 0 Å². The first-order valence-electron chi connectivity index (χ1n) is 9.30. The highest BCUT2D eigenvalue weighted by Gasteiger charge is 2.23. The maximum atomic E-state index is 12.3. The van der Waals surface area contributed by atoms with Crippen molar-refractivity contribution in [3.8, 4) is 0 Å². The maximum Gasteiger partial charge on any atom is 0.317 e. The predicted octanol–water partition coefficient (Wildman–Crippen LogP) is 3.36. The average molecular weight is 327 g/mol. The van der Waals surface area contributed by atoms with Gasteiger partial charge in [-0.1, -0.05) is 55.3 Å². The molecule has 1 aliphatic carbocycles. The number of hydrogen-bond acceptors (Lipinski definition) is 2. The standard InChI is InChI=1S/C20H29N3O/c24-20(21-19-11-4-5-12-19)23-16-14-22(15-17-23)13-7-6-10-18-8-2-1-3-9-18/h1-3,6,8-10,19H,4-5,7,11-17H2,(H,21,24)/b10-6+. The van der Waals surface area contributed by atoms with Crippen LogP contribution >= 0.6 is 0 Å². The zero-order valence-corrected chi connectivity index (χ0v) is 14.5. The van der Waals surface area contributed by atoms with Gasteiger partial charge in [0.1, 0.15) is 0 Å². The van der Waals surface area contributed by atoms with Crippen LogP contribution in [-0.4, -0.2) is 54.6 Å². The molecular formula is C20H29N3O. The zero-order chi connectivity index (χ0) is 16.6. The van der Waals surface area contributed by atoms with Gasteiger partial charge < -0.3 is 10.2 Å². The van der Waals surface area contributed by atoms with Crippen molar-refractivity contribution in [3.05, 3.63) is 42.0 Å². The third kappa shape index (κ3) is 5.10. The number of rotatable bonds is 5. The van der Waals surface area contributed by atoms with Crippen LogP contribution in [0.25, 0.3) is 6.08 Å². The number of nitrogens with zero attached hydrogens (tertiary/aromatic N) is 2. The Bertz CT molecular complexity index is 529. The van der Waals surface area contributed by atoms with Gasteiger partial charge in [-0.3, -0.25) is 4.90 Å². The molecule has 2 aliphatic rings. The number of benzene rings is 1. The van der Waals surface area contributed by atoms with Crippen LogP contribution in [0.2, 0.25) is 0 Å². The van der Waals surface area contributed by atoms with Crippen LogP contribution in [0.5, 0.6) is 0 Å². The number of urea groups is 1. The monoisotopic (exact) mass is 327 g/mol. The second-order valence-electron chi connectivity index (χ2n) is 6.86. The van der Waals surface area contributed by atoms with Crippen LogP contribution < -0.4 is 5.32 Å². The van der Waals surface area contributed by atoms with E-state index in [4.69, 9.17) is 0 Å². The van der Waals surface area contributed by atoms with Crippen LogP contribution in [0.3, 0.4) is 0 Å². The van der Waals surface area contributed by atoms with Gasteiger partial charge in [-0.2, -0.15) is 0 Å². The van der Waals surface area contributed by atoms with Crippen LogP contribution in [0.15, 0.2) is 36.4 Å². The average Bonchev–Trinajstić information content (AvgIpc) is 3.13.